The zero-order chi connectivity index (χ0) is 16.7. The molecule has 1 unspecified atom stereocenters. The molecule has 2 aromatic rings. The minimum atomic E-state index is -0.612. The van der Waals surface area contributed by atoms with Crippen molar-refractivity contribution >= 4 is 23.5 Å². The highest BCUT2D eigenvalue weighted by atomic mass is 35.5. The van der Waals surface area contributed by atoms with Gasteiger partial charge >= 0.3 is 5.97 Å². The molecule has 0 aliphatic heterocycles. The standard InChI is InChI=1S/C17H19ClN2O3/c1-2-6-14(12-7-4-3-5-8-12)20-16(21)11-23-17(22)15-9-13(18)10-19-15/h3-5,7-10,14,19H,2,6,11H2,1H3,(H,20,21). The Morgan fingerprint density at radius 3 is 2.65 bits per heavy atom. The maximum Gasteiger partial charge on any atom is 0.355 e. The quantitative estimate of drug-likeness (QED) is 0.761. The smallest absolute Gasteiger partial charge is 0.355 e. The van der Waals surface area contributed by atoms with E-state index in [4.69, 9.17) is 16.3 Å². The zero-order valence-electron chi connectivity index (χ0n) is 12.8. The van der Waals surface area contributed by atoms with Gasteiger partial charge in [-0.15, -0.1) is 0 Å². The molecule has 0 saturated carbocycles. The molecule has 0 bridgehead atoms. The van der Waals surface area contributed by atoms with Crippen LogP contribution in [0.2, 0.25) is 5.02 Å². The Morgan fingerprint density at radius 1 is 1.30 bits per heavy atom. The van der Waals surface area contributed by atoms with Crippen molar-refractivity contribution in [2.24, 2.45) is 0 Å². The summed E-state index contributed by atoms with van der Waals surface area (Å²) < 4.78 is 4.98. The molecule has 0 aliphatic carbocycles. The zero-order valence-corrected chi connectivity index (χ0v) is 13.6. The Labute approximate surface area is 140 Å². The molecule has 2 N–H and O–H groups in total. The molecule has 5 nitrogen and oxygen atoms in total. The van der Waals surface area contributed by atoms with E-state index in [-0.39, 0.29) is 24.2 Å². The van der Waals surface area contributed by atoms with Gasteiger partial charge in [0.05, 0.1) is 11.1 Å². The van der Waals surface area contributed by atoms with E-state index in [1.54, 1.807) is 0 Å². The number of esters is 1. The molecule has 6 heteroatoms. The molecular weight excluding hydrogens is 316 g/mol. The highest BCUT2D eigenvalue weighted by molar-refractivity contribution is 6.30. The third kappa shape index (κ3) is 5.14. The fraction of sp³-hybridized carbons (Fsp3) is 0.294. The van der Waals surface area contributed by atoms with Gasteiger partial charge in [-0.3, -0.25) is 4.79 Å². The highest BCUT2D eigenvalue weighted by Gasteiger charge is 2.16. The van der Waals surface area contributed by atoms with Gasteiger partial charge in [0.25, 0.3) is 5.91 Å². The number of benzene rings is 1. The summed E-state index contributed by atoms with van der Waals surface area (Å²) in [5, 5.41) is 3.30. The summed E-state index contributed by atoms with van der Waals surface area (Å²) in [6.07, 6.45) is 3.22. The molecular formula is C17H19ClN2O3. The van der Waals surface area contributed by atoms with Crippen molar-refractivity contribution in [3.05, 3.63) is 58.9 Å². The summed E-state index contributed by atoms with van der Waals surface area (Å²) in [6.45, 7) is 1.72. The van der Waals surface area contributed by atoms with Crippen LogP contribution in [0, 0.1) is 0 Å². The van der Waals surface area contributed by atoms with E-state index < -0.39 is 5.97 Å². The number of carbonyl (C=O) groups excluding carboxylic acids is 2. The number of rotatable bonds is 7. The lowest BCUT2D eigenvalue weighted by molar-refractivity contribution is -0.125. The predicted octanol–water partition coefficient (Wildman–Crippen LogP) is 3.48. The second-order valence-corrected chi connectivity index (χ2v) is 5.56. The van der Waals surface area contributed by atoms with Crippen LogP contribution in [0.25, 0.3) is 0 Å². The van der Waals surface area contributed by atoms with Crippen LogP contribution in [0.1, 0.15) is 41.9 Å². The number of hydrogen-bond acceptors (Lipinski definition) is 3. The van der Waals surface area contributed by atoms with E-state index in [1.165, 1.54) is 12.3 Å². The van der Waals surface area contributed by atoms with Gasteiger partial charge in [0.15, 0.2) is 6.61 Å². The molecule has 0 spiro atoms. The number of nitrogens with one attached hydrogen (secondary N) is 2. The van der Waals surface area contributed by atoms with Crippen molar-refractivity contribution in [3.63, 3.8) is 0 Å². The van der Waals surface area contributed by atoms with Crippen molar-refractivity contribution in [2.45, 2.75) is 25.8 Å². The number of amides is 1. The average molecular weight is 335 g/mol. The third-order valence-corrected chi connectivity index (χ3v) is 3.53. The largest absolute Gasteiger partial charge is 0.451 e. The number of halogens is 1. The van der Waals surface area contributed by atoms with Crippen LogP contribution >= 0.6 is 11.6 Å². The molecule has 1 atom stereocenters. The Balaban J connectivity index is 1.88. The Bertz CT molecular complexity index is 655. The second kappa shape index (κ2) is 8.39. The summed E-state index contributed by atoms with van der Waals surface area (Å²) in [7, 11) is 0. The Hall–Kier alpha value is -2.27. The summed E-state index contributed by atoms with van der Waals surface area (Å²) in [6, 6.07) is 11.1. The minimum absolute atomic E-state index is 0.0904. The monoisotopic (exact) mass is 334 g/mol. The van der Waals surface area contributed by atoms with E-state index in [9.17, 15) is 9.59 Å². The molecule has 122 valence electrons. The highest BCUT2D eigenvalue weighted by Crippen LogP contribution is 2.18. The lowest BCUT2D eigenvalue weighted by atomic mass is 10.0. The van der Waals surface area contributed by atoms with Crippen molar-refractivity contribution in [3.8, 4) is 0 Å². The maximum absolute atomic E-state index is 12.0. The van der Waals surface area contributed by atoms with Gasteiger partial charge in [0, 0.05) is 6.20 Å². The number of carbonyl (C=O) groups is 2. The molecule has 23 heavy (non-hydrogen) atoms. The van der Waals surface area contributed by atoms with Crippen LogP contribution < -0.4 is 5.32 Å². The molecule has 1 heterocycles. The number of ether oxygens (including phenoxy) is 1. The lowest BCUT2D eigenvalue weighted by Crippen LogP contribution is -2.32. The van der Waals surface area contributed by atoms with E-state index in [2.05, 4.69) is 17.2 Å². The molecule has 0 aliphatic rings. The predicted molar refractivity (Wildman–Crippen MR) is 88.3 cm³/mol. The van der Waals surface area contributed by atoms with Gasteiger partial charge in [-0.25, -0.2) is 4.79 Å². The van der Waals surface area contributed by atoms with E-state index in [0.717, 1.165) is 18.4 Å². The molecule has 1 aromatic carbocycles. The summed E-state index contributed by atoms with van der Waals surface area (Å²) in [5.41, 5.74) is 1.25. The van der Waals surface area contributed by atoms with Crippen LogP contribution in [0.15, 0.2) is 42.6 Å². The number of hydrogen-bond donors (Lipinski definition) is 2. The molecule has 0 fully saturated rings. The van der Waals surface area contributed by atoms with Gasteiger partial charge in [-0.05, 0) is 18.1 Å². The first-order chi connectivity index (χ1) is 11.1. The van der Waals surface area contributed by atoms with Crippen LogP contribution in [0.3, 0.4) is 0 Å². The second-order valence-electron chi connectivity index (χ2n) is 5.13. The van der Waals surface area contributed by atoms with E-state index in [0.29, 0.717) is 5.02 Å². The lowest BCUT2D eigenvalue weighted by Gasteiger charge is -2.18. The molecule has 1 amide bonds. The molecule has 1 aromatic heterocycles. The van der Waals surface area contributed by atoms with Crippen molar-refractivity contribution in [2.75, 3.05) is 6.61 Å². The SMILES string of the molecule is CCCC(NC(=O)COC(=O)c1cc(Cl)c[nH]1)c1ccccc1. The topological polar surface area (TPSA) is 71.2 Å². The number of H-pyrrole nitrogens is 1. The van der Waals surface area contributed by atoms with Crippen molar-refractivity contribution in [1.29, 1.82) is 0 Å². The maximum atomic E-state index is 12.0. The fourth-order valence-electron chi connectivity index (χ4n) is 2.23. The molecule has 0 radical (unpaired) electrons. The van der Waals surface area contributed by atoms with Gasteiger partial charge in [0.2, 0.25) is 0 Å². The Morgan fingerprint density at radius 2 is 2.04 bits per heavy atom. The van der Waals surface area contributed by atoms with Crippen molar-refractivity contribution < 1.29 is 14.3 Å². The number of aromatic nitrogens is 1. The van der Waals surface area contributed by atoms with Crippen LogP contribution in [-0.2, 0) is 9.53 Å². The van der Waals surface area contributed by atoms with Gasteiger partial charge in [-0.2, -0.15) is 0 Å². The first-order valence-electron chi connectivity index (χ1n) is 7.45. The van der Waals surface area contributed by atoms with Crippen LogP contribution in [0.5, 0.6) is 0 Å². The number of aromatic amines is 1. The van der Waals surface area contributed by atoms with Crippen LogP contribution in [-0.4, -0.2) is 23.5 Å². The average Bonchev–Trinajstić information content (AvgIpc) is 2.99. The normalized spacial score (nSPS) is 11.7. The summed E-state index contributed by atoms with van der Waals surface area (Å²) in [5.74, 6) is -0.947. The van der Waals surface area contributed by atoms with Gasteiger partial charge in [-0.1, -0.05) is 55.3 Å². The molecule has 0 saturated heterocycles. The summed E-state index contributed by atoms with van der Waals surface area (Å²) in [4.78, 5) is 26.4. The van der Waals surface area contributed by atoms with Crippen molar-refractivity contribution in [1.82, 2.24) is 10.3 Å². The fourth-order valence-corrected chi connectivity index (χ4v) is 2.39. The Kier molecular flexibility index (Phi) is 6.23. The third-order valence-electron chi connectivity index (χ3n) is 3.32. The van der Waals surface area contributed by atoms with E-state index in [1.807, 2.05) is 30.3 Å². The minimum Gasteiger partial charge on any atom is -0.451 e. The summed E-state index contributed by atoms with van der Waals surface area (Å²) >= 11 is 5.72. The van der Waals surface area contributed by atoms with E-state index >= 15 is 0 Å². The first kappa shape index (κ1) is 17.1. The van der Waals surface area contributed by atoms with Crippen LogP contribution in [0.4, 0.5) is 0 Å². The van der Waals surface area contributed by atoms with Gasteiger partial charge in [0.1, 0.15) is 5.69 Å². The first-order valence-corrected chi connectivity index (χ1v) is 7.83. The van der Waals surface area contributed by atoms with Gasteiger partial charge < -0.3 is 15.0 Å². The molecule has 2 rings (SSSR count).